The maximum absolute atomic E-state index is 14.0. The molecule has 0 aliphatic heterocycles. The van der Waals surface area contributed by atoms with Crippen LogP contribution < -0.4 is 5.19 Å². The van der Waals surface area contributed by atoms with Gasteiger partial charge in [-0.3, -0.25) is 4.79 Å². The zero-order valence-corrected chi connectivity index (χ0v) is 12.5. The second kappa shape index (κ2) is 4.77. The second-order valence-corrected chi connectivity index (χ2v) is 10.8. The lowest BCUT2D eigenvalue weighted by atomic mass is 10.1. The Balaban J connectivity index is 3.72. The second-order valence-electron chi connectivity index (χ2n) is 4.87. The lowest BCUT2D eigenvalue weighted by Crippen LogP contribution is -2.41. The van der Waals surface area contributed by atoms with Gasteiger partial charge in [-0.05, 0) is 11.3 Å². The average Bonchev–Trinajstić information content (AvgIpc) is 2.16. The monoisotopic (exact) mass is 342 g/mol. The Kier molecular flexibility index (Phi) is 4.07. The molecule has 7 heteroatoms. The minimum atomic E-state index is -4.77. The van der Waals surface area contributed by atoms with Crippen LogP contribution in [-0.2, 0) is 6.18 Å². The quantitative estimate of drug-likeness (QED) is 0.451. The van der Waals surface area contributed by atoms with E-state index in [0.717, 1.165) is 6.07 Å². The van der Waals surface area contributed by atoms with E-state index in [4.69, 9.17) is 0 Å². The molecule has 0 atom stereocenters. The molecule has 0 aliphatic carbocycles. The first-order valence-corrected chi connectivity index (χ1v) is 9.34. The maximum atomic E-state index is 14.0. The van der Waals surface area contributed by atoms with Gasteiger partial charge in [0.05, 0.1) is 19.2 Å². The molecular weight excluding hydrogens is 332 g/mol. The third-order valence-corrected chi connectivity index (χ3v) is 5.07. The molecule has 0 aromatic heterocycles. The molecule has 0 unspecified atom stereocenters. The van der Waals surface area contributed by atoms with Crippen LogP contribution in [0.4, 0.5) is 17.6 Å². The number of rotatable bonds is 2. The van der Waals surface area contributed by atoms with Gasteiger partial charge in [-0.25, -0.2) is 4.39 Å². The Bertz CT molecular complexity index is 491. The standard InChI is InChI=1S/C11H11BrF4OSi/c1-18(2,3)8-4-7(12)9(11(14,15)16)6(5-17)10(8)13/h4-5H,1-3H3. The van der Waals surface area contributed by atoms with Gasteiger partial charge in [-0.2, -0.15) is 13.2 Å². The molecule has 0 amide bonds. The van der Waals surface area contributed by atoms with Crippen LogP contribution in [0.1, 0.15) is 15.9 Å². The summed E-state index contributed by atoms with van der Waals surface area (Å²) in [4.78, 5) is 10.8. The molecule has 1 aromatic carbocycles. The van der Waals surface area contributed by atoms with Gasteiger partial charge in [-0.1, -0.05) is 35.6 Å². The van der Waals surface area contributed by atoms with Gasteiger partial charge in [0.15, 0.2) is 6.29 Å². The van der Waals surface area contributed by atoms with Crippen molar-refractivity contribution in [2.45, 2.75) is 25.8 Å². The fourth-order valence-electron chi connectivity index (χ4n) is 1.59. The van der Waals surface area contributed by atoms with Crippen LogP contribution in [-0.4, -0.2) is 14.4 Å². The van der Waals surface area contributed by atoms with Crippen LogP contribution in [0.15, 0.2) is 10.5 Å². The van der Waals surface area contributed by atoms with Gasteiger partial charge in [0.1, 0.15) is 5.82 Å². The Morgan fingerprint density at radius 1 is 1.28 bits per heavy atom. The van der Waals surface area contributed by atoms with E-state index in [1.54, 1.807) is 19.6 Å². The molecule has 1 nitrogen and oxygen atoms in total. The molecule has 1 rings (SSSR count). The highest BCUT2D eigenvalue weighted by atomic mass is 79.9. The van der Waals surface area contributed by atoms with Crippen molar-refractivity contribution >= 4 is 35.5 Å². The van der Waals surface area contributed by atoms with E-state index in [1.165, 1.54) is 0 Å². The summed E-state index contributed by atoms with van der Waals surface area (Å²) in [6.07, 6.45) is -4.85. The van der Waals surface area contributed by atoms with Crippen molar-refractivity contribution < 1.29 is 22.4 Å². The lowest BCUT2D eigenvalue weighted by Gasteiger charge is -2.21. The van der Waals surface area contributed by atoms with Crippen molar-refractivity contribution in [3.63, 3.8) is 0 Å². The predicted octanol–water partition coefficient (Wildman–Crippen LogP) is 3.96. The number of benzene rings is 1. The maximum Gasteiger partial charge on any atom is 0.418 e. The van der Waals surface area contributed by atoms with Crippen LogP contribution in [0.2, 0.25) is 19.6 Å². The van der Waals surface area contributed by atoms with Crippen molar-refractivity contribution in [2.24, 2.45) is 0 Å². The number of alkyl halides is 3. The van der Waals surface area contributed by atoms with E-state index in [1.807, 2.05) is 0 Å². The first-order valence-electron chi connectivity index (χ1n) is 5.05. The summed E-state index contributed by atoms with van der Waals surface area (Å²) in [5, 5.41) is 0.199. The van der Waals surface area contributed by atoms with Crippen LogP contribution in [0, 0.1) is 5.82 Å². The highest BCUT2D eigenvalue weighted by Gasteiger charge is 2.39. The van der Waals surface area contributed by atoms with Crippen molar-refractivity contribution in [3.05, 3.63) is 27.5 Å². The molecule has 1 aromatic rings. The van der Waals surface area contributed by atoms with Gasteiger partial charge >= 0.3 is 6.18 Å². The first kappa shape index (κ1) is 15.4. The van der Waals surface area contributed by atoms with Crippen molar-refractivity contribution in [2.75, 3.05) is 0 Å². The Morgan fingerprint density at radius 2 is 1.78 bits per heavy atom. The predicted molar refractivity (Wildman–Crippen MR) is 67.5 cm³/mol. The van der Waals surface area contributed by atoms with Crippen LogP contribution in [0.3, 0.4) is 0 Å². The Morgan fingerprint density at radius 3 is 2.11 bits per heavy atom. The fraction of sp³-hybridized carbons (Fsp3) is 0.364. The minimum absolute atomic E-state index is 0.0768. The number of carbonyl (C=O) groups is 1. The van der Waals surface area contributed by atoms with Gasteiger partial charge in [0, 0.05) is 4.47 Å². The zero-order chi connectivity index (χ0) is 14.3. The van der Waals surface area contributed by atoms with Gasteiger partial charge in [-0.15, -0.1) is 0 Å². The topological polar surface area (TPSA) is 17.1 Å². The third kappa shape index (κ3) is 2.82. The molecule has 0 N–H and O–H groups in total. The van der Waals surface area contributed by atoms with Crippen molar-refractivity contribution in [3.8, 4) is 0 Å². The number of hydrogen-bond acceptors (Lipinski definition) is 1. The minimum Gasteiger partial charge on any atom is -0.298 e. The molecule has 0 saturated carbocycles. The third-order valence-electron chi connectivity index (χ3n) is 2.46. The Hall–Kier alpha value is -0.693. The van der Waals surface area contributed by atoms with E-state index < -0.39 is 31.2 Å². The van der Waals surface area contributed by atoms with E-state index >= 15 is 0 Å². The van der Waals surface area contributed by atoms with E-state index in [-0.39, 0.29) is 15.9 Å². The summed E-state index contributed by atoms with van der Waals surface area (Å²) in [7, 11) is -2.17. The normalized spacial score (nSPS) is 12.7. The van der Waals surface area contributed by atoms with Crippen molar-refractivity contribution in [1.29, 1.82) is 0 Å². The molecule has 0 bridgehead atoms. The lowest BCUT2D eigenvalue weighted by molar-refractivity contribution is -0.138. The van der Waals surface area contributed by atoms with Gasteiger partial charge < -0.3 is 0 Å². The smallest absolute Gasteiger partial charge is 0.298 e. The number of halogens is 5. The number of carbonyl (C=O) groups excluding carboxylic acids is 1. The van der Waals surface area contributed by atoms with E-state index in [9.17, 15) is 22.4 Å². The number of aldehydes is 1. The molecular formula is C11H11BrF4OSi. The van der Waals surface area contributed by atoms with Crippen LogP contribution in [0.5, 0.6) is 0 Å². The van der Waals surface area contributed by atoms with Crippen molar-refractivity contribution in [1.82, 2.24) is 0 Å². The summed E-state index contributed by atoms with van der Waals surface area (Å²) in [5.41, 5.74) is -2.17. The summed E-state index contributed by atoms with van der Waals surface area (Å²) in [6.45, 7) is 5.37. The highest BCUT2D eigenvalue weighted by Crippen LogP contribution is 2.37. The van der Waals surface area contributed by atoms with E-state index in [2.05, 4.69) is 15.9 Å². The molecule has 0 aliphatic rings. The summed E-state index contributed by atoms with van der Waals surface area (Å²) >= 11 is 2.78. The molecule has 100 valence electrons. The van der Waals surface area contributed by atoms with Gasteiger partial charge in [0.25, 0.3) is 0 Å². The van der Waals surface area contributed by atoms with Gasteiger partial charge in [0.2, 0.25) is 0 Å². The Labute approximate surface area is 111 Å². The molecule has 0 heterocycles. The van der Waals surface area contributed by atoms with Crippen LogP contribution >= 0.6 is 15.9 Å². The first-order chi connectivity index (χ1) is 8.00. The highest BCUT2D eigenvalue weighted by molar-refractivity contribution is 9.10. The molecule has 0 saturated heterocycles. The molecule has 18 heavy (non-hydrogen) atoms. The summed E-state index contributed by atoms with van der Waals surface area (Å²) in [5.74, 6) is -1.06. The largest absolute Gasteiger partial charge is 0.418 e. The number of hydrogen-bond donors (Lipinski definition) is 0. The SMILES string of the molecule is C[Si](C)(C)c1cc(Br)c(C(F)(F)F)c(C=O)c1F. The molecule has 0 spiro atoms. The molecule has 0 fully saturated rings. The average molecular weight is 343 g/mol. The fourth-order valence-corrected chi connectivity index (χ4v) is 3.84. The van der Waals surface area contributed by atoms with E-state index in [0.29, 0.717) is 0 Å². The summed E-state index contributed by atoms with van der Waals surface area (Å²) < 4.78 is 52.0. The molecule has 0 radical (unpaired) electrons. The van der Waals surface area contributed by atoms with Crippen LogP contribution in [0.25, 0.3) is 0 Å². The summed E-state index contributed by atoms with van der Waals surface area (Å²) in [6, 6.07) is 1.14. The zero-order valence-electron chi connectivity index (χ0n) is 9.95.